The second-order valence-corrected chi connectivity index (χ2v) is 15.4. The summed E-state index contributed by atoms with van der Waals surface area (Å²) < 4.78 is 7.11. The van der Waals surface area contributed by atoms with Gasteiger partial charge in [0.2, 0.25) is 0 Å². The van der Waals surface area contributed by atoms with Crippen LogP contribution in [0.1, 0.15) is 154 Å². The highest BCUT2D eigenvalue weighted by atomic mass is 16.5. The van der Waals surface area contributed by atoms with Crippen LogP contribution in [0.4, 0.5) is 0 Å². The van der Waals surface area contributed by atoms with Gasteiger partial charge in [-0.05, 0) is 137 Å². The minimum Gasteiger partial charge on any atom is -0.375 e. The van der Waals surface area contributed by atoms with E-state index in [9.17, 15) is 0 Å². The van der Waals surface area contributed by atoms with Gasteiger partial charge in [0.15, 0.2) is 0 Å². The minimum atomic E-state index is 0.578. The van der Waals surface area contributed by atoms with E-state index in [1.165, 1.54) is 154 Å². The molecule has 0 radical (unpaired) electrons. The van der Waals surface area contributed by atoms with Crippen molar-refractivity contribution in [3.8, 4) is 0 Å². The predicted octanol–water partition coefficient (Wildman–Crippen LogP) is 11.2. The fourth-order valence-corrected chi connectivity index (χ4v) is 9.70. The summed E-state index contributed by atoms with van der Waals surface area (Å²) in [6.45, 7) is 0. The Hall–Kier alpha value is -0.560. The molecule has 220 valence electrons. The molecular weight excluding hydrogens is 472 g/mol. The molecule has 1 heteroatoms. The summed E-state index contributed by atoms with van der Waals surface area (Å²) in [4.78, 5) is 0. The van der Waals surface area contributed by atoms with Crippen molar-refractivity contribution in [2.24, 2.45) is 47.3 Å². The molecule has 0 spiro atoms. The van der Waals surface area contributed by atoms with Gasteiger partial charge in [0.05, 0.1) is 12.2 Å². The Balaban J connectivity index is 1.01. The predicted molar refractivity (Wildman–Crippen MR) is 166 cm³/mol. The molecule has 6 aliphatic rings. The molecule has 0 aromatic rings. The van der Waals surface area contributed by atoms with Gasteiger partial charge in [0, 0.05) is 0 Å². The summed E-state index contributed by atoms with van der Waals surface area (Å²) in [6, 6.07) is 0. The van der Waals surface area contributed by atoms with E-state index in [0.29, 0.717) is 12.2 Å². The Bertz CT molecular complexity index is 718. The topological polar surface area (TPSA) is 9.23 Å². The molecule has 6 aliphatic carbocycles. The molecule has 4 saturated carbocycles. The third-order valence-corrected chi connectivity index (χ3v) is 12.4. The first kappa shape index (κ1) is 28.6. The smallest absolute Gasteiger partial charge is 0.0584 e. The van der Waals surface area contributed by atoms with Crippen LogP contribution >= 0.6 is 0 Å². The van der Waals surface area contributed by atoms with E-state index in [2.05, 4.69) is 24.3 Å². The Labute approximate surface area is 242 Å². The molecule has 0 aliphatic heterocycles. The Morgan fingerprint density at radius 1 is 0.359 bits per heavy atom. The summed E-state index contributed by atoms with van der Waals surface area (Å²) in [5, 5.41) is 0. The van der Waals surface area contributed by atoms with Crippen molar-refractivity contribution in [1.29, 1.82) is 0 Å². The summed E-state index contributed by atoms with van der Waals surface area (Å²) in [6.07, 6.45) is 46.0. The van der Waals surface area contributed by atoms with Crippen molar-refractivity contribution in [2.45, 2.75) is 166 Å². The van der Waals surface area contributed by atoms with Gasteiger partial charge in [-0.25, -0.2) is 0 Å². The van der Waals surface area contributed by atoms with E-state index in [-0.39, 0.29) is 0 Å². The average molecular weight is 535 g/mol. The molecule has 0 saturated heterocycles. The zero-order valence-electron chi connectivity index (χ0n) is 25.5. The van der Waals surface area contributed by atoms with Crippen LogP contribution in [0, 0.1) is 47.3 Å². The average Bonchev–Trinajstić information content (AvgIpc) is 3.79. The number of hydrogen-bond acceptors (Lipinski definition) is 1. The SMILES string of the molecule is C1=C\C2CC2CCC2CC(OC3CC4CCCCCCC/C=C\C5CC5CCC4C3)CC2CCCCCCC/1. The molecule has 0 bridgehead atoms. The van der Waals surface area contributed by atoms with Crippen LogP contribution in [0.15, 0.2) is 24.3 Å². The molecular formula is C38H62O. The normalized spacial score (nSPS) is 46.1. The van der Waals surface area contributed by atoms with Gasteiger partial charge < -0.3 is 4.74 Å². The van der Waals surface area contributed by atoms with E-state index in [1.54, 1.807) is 0 Å². The van der Waals surface area contributed by atoms with E-state index >= 15 is 0 Å². The third-order valence-electron chi connectivity index (χ3n) is 12.4. The van der Waals surface area contributed by atoms with E-state index < -0.39 is 0 Å². The molecule has 1 nitrogen and oxygen atoms in total. The quantitative estimate of drug-likeness (QED) is 0.320. The first-order chi connectivity index (χ1) is 19.3. The van der Waals surface area contributed by atoms with E-state index in [4.69, 9.17) is 4.74 Å². The van der Waals surface area contributed by atoms with Crippen molar-refractivity contribution in [3.63, 3.8) is 0 Å². The van der Waals surface area contributed by atoms with Gasteiger partial charge in [-0.1, -0.05) is 88.5 Å². The van der Waals surface area contributed by atoms with Gasteiger partial charge >= 0.3 is 0 Å². The first-order valence-corrected chi connectivity index (χ1v) is 18.3. The number of allylic oxidation sites excluding steroid dienone is 4. The lowest BCUT2D eigenvalue weighted by molar-refractivity contribution is -0.0107. The largest absolute Gasteiger partial charge is 0.375 e. The summed E-state index contributed by atoms with van der Waals surface area (Å²) >= 11 is 0. The highest BCUT2D eigenvalue weighted by Crippen LogP contribution is 2.50. The fraction of sp³-hybridized carbons (Fsp3) is 0.895. The zero-order chi connectivity index (χ0) is 26.3. The maximum absolute atomic E-state index is 7.11. The van der Waals surface area contributed by atoms with Gasteiger partial charge in [-0.15, -0.1) is 0 Å². The number of hydrogen-bond donors (Lipinski definition) is 0. The molecule has 10 unspecified atom stereocenters. The van der Waals surface area contributed by atoms with Crippen LogP contribution in [-0.2, 0) is 4.74 Å². The van der Waals surface area contributed by atoms with Crippen molar-refractivity contribution in [1.82, 2.24) is 0 Å². The lowest BCUT2D eigenvalue weighted by atomic mass is 9.86. The van der Waals surface area contributed by atoms with E-state index in [1.807, 2.05) is 0 Å². The van der Waals surface area contributed by atoms with Crippen LogP contribution in [-0.4, -0.2) is 12.2 Å². The minimum absolute atomic E-state index is 0.578. The van der Waals surface area contributed by atoms with Crippen LogP contribution in [0.5, 0.6) is 0 Å². The molecule has 0 amide bonds. The fourth-order valence-electron chi connectivity index (χ4n) is 9.70. The van der Waals surface area contributed by atoms with Crippen molar-refractivity contribution < 1.29 is 4.74 Å². The van der Waals surface area contributed by atoms with Gasteiger partial charge in [0.1, 0.15) is 0 Å². The molecule has 0 aromatic carbocycles. The van der Waals surface area contributed by atoms with Crippen molar-refractivity contribution in [3.05, 3.63) is 24.3 Å². The lowest BCUT2D eigenvalue weighted by Gasteiger charge is -2.19. The van der Waals surface area contributed by atoms with E-state index in [0.717, 1.165) is 47.3 Å². The zero-order valence-corrected chi connectivity index (χ0v) is 25.5. The van der Waals surface area contributed by atoms with Crippen molar-refractivity contribution in [2.75, 3.05) is 0 Å². The highest BCUT2D eigenvalue weighted by molar-refractivity contribution is 5.03. The number of ether oxygens (including phenoxy) is 1. The Morgan fingerprint density at radius 3 is 1.23 bits per heavy atom. The molecule has 10 atom stereocenters. The van der Waals surface area contributed by atoms with Gasteiger partial charge in [-0.3, -0.25) is 0 Å². The van der Waals surface area contributed by atoms with Crippen LogP contribution in [0.25, 0.3) is 0 Å². The Morgan fingerprint density at radius 2 is 0.744 bits per heavy atom. The molecule has 39 heavy (non-hydrogen) atoms. The van der Waals surface area contributed by atoms with Gasteiger partial charge in [0.25, 0.3) is 0 Å². The molecule has 0 heterocycles. The summed E-state index contributed by atoms with van der Waals surface area (Å²) in [5.74, 6) is 7.71. The monoisotopic (exact) mass is 534 g/mol. The highest BCUT2D eigenvalue weighted by Gasteiger charge is 2.42. The van der Waals surface area contributed by atoms with Crippen LogP contribution in [0.2, 0.25) is 0 Å². The first-order valence-electron chi connectivity index (χ1n) is 18.3. The maximum atomic E-state index is 7.11. The summed E-state index contributed by atoms with van der Waals surface area (Å²) in [5.41, 5.74) is 0. The second kappa shape index (κ2) is 14.6. The third kappa shape index (κ3) is 8.72. The number of rotatable bonds is 2. The van der Waals surface area contributed by atoms with Crippen LogP contribution < -0.4 is 0 Å². The number of fused-ring (bicyclic) bond motifs is 4. The van der Waals surface area contributed by atoms with Crippen molar-refractivity contribution >= 4 is 0 Å². The summed E-state index contributed by atoms with van der Waals surface area (Å²) in [7, 11) is 0. The standard InChI is InChI=1S/C38H62O/c1-3-7-11-15-29-23-33(29)19-21-35-27-37(25-31(35)17-13-9-5-1)39-38-26-32-18-14-10-6-2-4-8-12-16-30-24-34(30)20-22-36(32)28-38/h11-12,15-16,29-38H,1-10,13-14,17-28H2/b15-11-,16-12-. The molecule has 0 N–H and O–H groups in total. The van der Waals surface area contributed by atoms with Gasteiger partial charge in [-0.2, -0.15) is 0 Å². The maximum Gasteiger partial charge on any atom is 0.0584 e. The van der Waals surface area contributed by atoms with Crippen LogP contribution in [0.3, 0.4) is 0 Å². The molecule has 6 rings (SSSR count). The molecule has 4 fully saturated rings. The lowest BCUT2D eigenvalue weighted by Crippen LogP contribution is -2.18. The molecule has 0 aromatic heterocycles. The second-order valence-electron chi connectivity index (χ2n) is 15.4. The Kier molecular flexibility index (Phi) is 10.7.